The highest BCUT2D eigenvalue weighted by Crippen LogP contribution is 2.17. The van der Waals surface area contributed by atoms with Gasteiger partial charge in [-0.25, -0.2) is 5.48 Å². The monoisotopic (exact) mass is 249 g/mol. The number of nitrogens with zero attached hydrogens (tertiary/aromatic N) is 2. The maximum atomic E-state index is 11.6. The first-order chi connectivity index (χ1) is 8.61. The number of hydrogen-bond acceptors (Lipinski definition) is 5. The number of hydroxylamine groups is 1. The Bertz CT molecular complexity index is 440. The number of carbonyl (C=O) groups is 2. The van der Waals surface area contributed by atoms with Gasteiger partial charge in [-0.05, 0) is 17.7 Å². The third-order valence-electron chi connectivity index (χ3n) is 2.99. The molecule has 6 heteroatoms. The van der Waals surface area contributed by atoms with Gasteiger partial charge < -0.3 is 10.1 Å². The molecule has 1 fully saturated rings. The first-order valence-electron chi connectivity index (χ1n) is 5.62. The summed E-state index contributed by atoms with van der Waals surface area (Å²) in [7, 11) is 1.50. The van der Waals surface area contributed by atoms with Crippen LogP contribution in [-0.2, 0) is 16.1 Å². The largest absolute Gasteiger partial charge is 0.353 e. The Morgan fingerprint density at radius 3 is 2.22 bits per heavy atom. The Morgan fingerprint density at radius 2 is 1.72 bits per heavy atom. The molecule has 2 rings (SSSR count). The van der Waals surface area contributed by atoms with Crippen LogP contribution in [0, 0.1) is 0 Å². The number of anilines is 1. The number of imide groups is 1. The van der Waals surface area contributed by atoms with Crippen LogP contribution in [0.5, 0.6) is 0 Å². The van der Waals surface area contributed by atoms with Gasteiger partial charge in [0.1, 0.15) is 0 Å². The second-order valence-electron chi connectivity index (χ2n) is 4.20. The van der Waals surface area contributed by atoms with Crippen LogP contribution in [-0.4, -0.2) is 42.1 Å². The predicted octanol–water partition coefficient (Wildman–Crippen LogP) is -0.0296. The van der Waals surface area contributed by atoms with Crippen molar-refractivity contribution in [3.63, 3.8) is 0 Å². The first kappa shape index (κ1) is 12.5. The molecule has 0 atom stereocenters. The Morgan fingerprint density at radius 1 is 1.17 bits per heavy atom. The Kier molecular flexibility index (Phi) is 3.59. The number of rotatable bonds is 3. The molecule has 1 aromatic rings. The van der Waals surface area contributed by atoms with Crippen LogP contribution in [0.25, 0.3) is 0 Å². The van der Waals surface area contributed by atoms with Gasteiger partial charge in [0.2, 0.25) is 11.8 Å². The molecular weight excluding hydrogens is 234 g/mol. The summed E-state index contributed by atoms with van der Waals surface area (Å²) in [6.45, 7) is 0.778. The zero-order chi connectivity index (χ0) is 13.1. The molecule has 18 heavy (non-hydrogen) atoms. The van der Waals surface area contributed by atoms with Crippen molar-refractivity contribution in [2.24, 2.45) is 0 Å². The Balaban J connectivity index is 2.12. The number of piperazine rings is 1. The fraction of sp³-hybridized carbons (Fsp3) is 0.333. The second-order valence-corrected chi connectivity index (χ2v) is 4.20. The lowest BCUT2D eigenvalue weighted by Gasteiger charge is -2.32. The van der Waals surface area contributed by atoms with Gasteiger partial charge in [-0.15, -0.1) is 0 Å². The van der Waals surface area contributed by atoms with Crippen molar-refractivity contribution in [2.45, 2.75) is 6.54 Å². The molecule has 0 bridgehead atoms. The number of nitrogens with one attached hydrogen (secondary N) is 1. The van der Waals surface area contributed by atoms with E-state index in [-0.39, 0.29) is 24.9 Å². The van der Waals surface area contributed by atoms with E-state index in [1.54, 1.807) is 4.90 Å². The van der Waals surface area contributed by atoms with Crippen molar-refractivity contribution in [1.29, 1.82) is 0 Å². The van der Waals surface area contributed by atoms with E-state index in [4.69, 9.17) is 5.21 Å². The van der Waals surface area contributed by atoms with Crippen molar-refractivity contribution in [3.8, 4) is 0 Å². The van der Waals surface area contributed by atoms with Crippen LogP contribution in [0.2, 0.25) is 0 Å². The van der Waals surface area contributed by atoms with Gasteiger partial charge in [0, 0.05) is 19.3 Å². The number of carbonyl (C=O) groups excluding carboxylic acids is 2. The SMILES string of the molecule is CN1C(=O)CN(c2ccc(CNO)cc2)CC1=O. The fourth-order valence-electron chi connectivity index (χ4n) is 1.83. The highest BCUT2D eigenvalue weighted by atomic mass is 16.5. The summed E-state index contributed by atoms with van der Waals surface area (Å²) in [6.07, 6.45) is 0. The van der Waals surface area contributed by atoms with Crippen molar-refractivity contribution < 1.29 is 14.8 Å². The highest BCUT2D eigenvalue weighted by Gasteiger charge is 2.27. The molecule has 0 saturated carbocycles. The number of hydrogen-bond donors (Lipinski definition) is 2. The minimum absolute atomic E-state index is 0.202. The van der Waals surface area contributed by atoms with E-state index in [1.807, 2.05) is 24.3 Å². The van der Waals surface area contributed by atoms with Gasteiger partial charge >= 0.3 is 0 Å². The summed E-state index contributed by atoms with van der Waals surface area (Å²) in [4.78, 5) is 26.0. The molecule has 1 saturated heterocycles. The van der Waals surface area contributed by atoms with Crippen LogP contribution in [0.1, 0.15) is 5.56 Å². The molecule has 1 aliphatic rings. The molecule has 0 unspecified atom stereocenters. The van der Waals surface area contributed by atoms with Crippen LogP contribution in [0.4, 0.5) is 5.69 Å². The van der Waals surface area contributed by atoms with E-state index < -0.39 is 0 Å². The maximum absolute atomic E-state index is 11.6. The van der Waals surface area contributed by atoms with Gasteiger partial charge in [-0.1, -0.05) is 12.1 Å². The maximum Gasteiger partial charge on any atom is 0.248 e. The lowest BCUT2D eigenvalue weighted by Crippen LogP contribution is -2.52. The van der Waals surface area contributed by atoms with Crippen LogP contribution < -0.4 is 10.4 Å². The summed E-state index contributed by atoms with van der Waals surface area (Å²) in [5.41, 5.74) is 3.82. The summed E-state index contributed by atoms with van der Waals surface area (Å²) in [5.74, 6) is -0.403. The Hall–Kier alpha value is -1.92. The van der Waals surface area contributed by atoms with Gasteiger partial charge in [0.15, 0.2) is 0 Å². The van der Waals surface area contributed by atoms with Crippen LogP contribution in [0.3, 0.4) is 0 Å². The number of amides is 2. The van der Waals surface area contributed by atoms with E-state index in [1.165, 1.54) is 7.05 Å². The lowest BCUT2D eigenvalue weighted by atomic mass is 10.2. The van der Waals surface area contributed by atoms with Crippen molar-refractivity contribution in [2.75, 3.05) is 25.0 Å². The van der Waals surface area contributed by atoms with E-state index in [2.05, 4.69) is 5.48 Å². The van der Waals surface area contributed by atoms with E-state index >= 15 is 0 Å². The molecule has 0 radical (unpaired) electrons. The quantitative estimate of drug-likeness (QED) is 0.581. The minimum atomic E-state index is -0.202. The molecule has 2 N–H and O–H groups in total. The number of benzene rings is 1. The van der Waals surface area contributed by atoms with Crippen molar-refractivity contribution >= 4 is 17.5 Å². The zero-order valence-corrected chi connectivity index (χ0v) is 10.1. The molecule has 1 aliphatic heterocycles. The fourth-order valence-corrected chi connectivity index (χ4v) is 1.83. The summed E-state index contributed by atoms with van der Waals surface area (Å²) < 4.78 is 0. The van der Waals surface area contributed by atoms with Crippen LogP contribution in [0.15, 0.2) is 24.3 Å². The van der Waals surface area contributed by atoms with E-state index in [9.17, 15) is 9.59 Å². The summed E-state index contributed by atoms with van der Waals surface area (Å²) >= 11 is 0. The average Bonchev–Trinajstić information content (AvgIpc) is 2.37. The Labute approximate surface area is 105 Å². The normalized spacial score (nSPS) is 16.3. The third-order valence-corrected chi connectivity index (χ3v) is 2.99. The number of likely N-dealkylation sites (N-methyl/N-ethyl adjacent to an activating group) is 1. The minimum Gasteiger partial charge on any atom is -0.353 e. The average molecular weight is 249 g/mol. The van der Waals surface area contributed by atoms with Crippen molar-refractivity contribution in [1.82, 2.24) is 10.4 Å². The molecule has 6 nitrogen and oxygen atoms in total. The summed E-state index contributed by atoms with van der Waals surface area (Å²) in [6, 6.07) is 7.34. The van der Waals surface area contributed by atoms with E-state index in [0.29, 0.717) is 6.54 Å². The molecule has 0 spiro atoms. The zero-order valence-electron chi connectivity index (χ0n) is 10.1. The smallest absolute Gasteiger partial charge is 0.248 e. The van der Waals surface area contributed by atoms with Gasteiger partial charge in [0.25, 0.3) is 0 Å². The topological polar surface area (TPSA) is 72.9 Å². The molecule has 2 amide bonds. The lowest BCUT2D eigenvalue weighted by molar-refractivity contribution is -0.143. The first-order valence-corrected chi connectivity index (χ1v) is 5.62. The second kappa shape index (κ2) is 5.16. The summed E-state index contributed by atoms with van der Waals surface area (Å²) in [5, 5.41) is 8.58. The molecule has 96 valence electrons. The van der Waals surface area contributed by atoms with Crippen molar-refractivity contribution in [3.05, 3.63) is 29.8 Å². The molecule has 0 aliphatic carbocycles. The molecule has 0 aromatic heterocycles. The molecule has 1 heterocycles. The molecule has 1 aromatic carbocycles. The van der Waals surface area contributed by atoms with Gasteiger partial charge in [-0.3, -0.25) is 14.5 Å². The van der Waals surface area contributed by atoms with Gasteiger partial charge in [0.05, 0.1) is 13.1 Å². The predicted molar refractivity (Wildman–Crippen MR) is 65.1 cm³/mol. The molecular formula is C12H15N3O3. The van der Waals surface area contributed by atoms with Crippen LogP contribution >= 0.6 is 0 Å². The standard InChI is InChI=1S/C12H15N3O3/c1-14-11(16)7-15(8-12(14)17)10-4-2-9(3-5-10)6-13-18/h2-5,13,18H,6-8H2,1H3. The van der Waals surface area contributed by atoms with E-state index in [0.717, 1.165) is 16.2 Å². The highest BCUT2D eigenvalue weighted by molar-refractivity contribution is 6.02. The van der Waals surface area contributed by atoms with Gasteiger partial charge in [-0.2, -0.15) is 0 Å². The third kappa shape index (κ3) is 2.49.